The molecule has 1 aliphatic carbocycles. The fourth-order valence-corrected chi connectivity index (χ4v) is 2.11. The largest absolute Gasteiger partial charge is 0.379 e. The molecule has 2 nitrogen and oxygen atoms in total. The Morgan fingerprint density at radius 3 is 3.00 bits per heavy atom. The minimum atomic E-state index is 0.440. The summed E-state index contributed by atoms with van der Waals surface area (Å²) in [4.78, 5) is 2.37. The van der Waals surface area contributed by atoms with Crippen molar-refractivity contribution in [2.75, 3.05) is 14.2 Å². The van der Waals surface area contributed by atoms with E-state index in [0.29, 0.717) is 18.2 Å². The van der Waals surface area contributed by atoms with Crippen LogP contribution in [0.25, 0.3) is 0 Å². The van der Waals surface area contributed by atoms with Crippen LogP contribution in [0.4, 0.5) is 0 Å². The normalized spacial score (nSPS) is 48.1. The van der Waals surface area contributed by atoms with Crippen LogP contribution in [-0.4, -0.2) is 37.2 Å². The second-order valence-corrected chi connectivity index (χ2v) is 3.64. The number of ether oxygens (including phenoxy) is 1. The van der Waals surface area contributed by atoms with E-state index in [1.54, 1.807) is 0 Å². The lowest BCUT2D eigenvalue weighted by atomic mass is 9.98. The Balaban J connectivity index is 2.13. The molecule has 0 bridgehead atoms. The molecule has 1 saturated heterocycles. The first-order valence-corrected chi connectivity index (χ1v) is 4.16. The van der Waals surface area contributed by atoms with Crippen LogP contribution in [0.3, 0.4) is 0 Å². The summed E-state index contributed by atoms with van der Waals surface area (Å²) in [6.07, 6.45) is 3.91. The molecule has 2 rings (SSSR count). The van der Waals surface area contributed by atoms with Crippen molar-refractivity contribution in [1.29, 1.82) is 0 Å². The van der Waals surface area contributed by atoms with Gasteiger partial charge in [-0.3, -0.25) is 4.90 Å². The van der Waals surface area contributed by atoms with Crippen molar-refractivity contribution in [3.63, 3.8) is 0 Å². The van der Waals surface area contributed by atoms with Crippen molar-refractivity contribution in [3.8, 4) is 0 Å². The third-order valence-corrected chi connectivity index (χ3v) is 2.86. The second-order valence-electron chi connectivity index (χ2n) is 3.64. The molecule has 2 aliphatic rings. The number of hydrogen-bond donors (Lipinski definition) is 0. The van der Waals surface area contributed by atoms with Crippen molar-refractivity contribution in [2.24, 2.45) is 0 Å². The maximum absolute atomic E-state index is 5.40. The van der Waals surface area contributed by atoms with Gasteiger partial charge in [0.15, 0.2) is 0 Å². The molecular weight excluding hydrogens is 138 g/mol. The Labute approximate surface area is 67.8 Å². The fourth-order valence-electron chi connectivity index (χ4n) is 2.11. The molecule has 1 heterocycles. The Kier molecular flexibility index (Phi) is 1.55. The smallest absolute Gasteiger partial charge is 0.0781 e. The minimum absolute atomic E-state index is 0.440. The highest BCUT2D eigenvalue weighted by molar-refractivity contribution is 5.25. The second kappa shape index (κ2) is 2.32. The molecule has 1 aliphatic heterocycles. The highest BCUT2D eigenvalue weighted by Gasteiger charge is 2.50. The summed E-state index contributed by atoms with van der Waals surface area (Å²) in [6.45, 7) is 2.19. The van der Waals surface area contributed by atoms with Crippen molar-refractivity contribution in [2.45, 2.75) is 31.5 Å². The number of nitrogens with zero attached hydrogens (tertiary/aromatic N) is 1. The summed E-state index contributed by atoms with van der Waals surface area (Å²) >= 11 is 0. The minimum Gasteiger partial charge on any atom is -0.379 e. The molecule has 4 atom stereocenters. The zero-order valence-electron chi connectivity index (χ0n) is 7.37. The molecule has 0 amide bonds. The Morgan fingerprint density at radius 1 is 1.64 bits per heavy atom. The van der Waals surface area contributed by atoms with Crippen molar-refractivity contribution < 1.29 is 4.74 Å². The molecule has 0 N–H and O–H groups in total. The van der Waals surface area contributed by atoms with E-state index in [0.717, 1.165) is 6.42 Å². The molecule has 2 heteroatoms. The van der Waals surface area contributed by atoms with Gasteiger partial charge in [0.25, 0.3) is 0 Å². The lowest BCUT2D eigenvalue weighted by Gasteiger charge is -2.17. The maximum atomic E-state index is 5.40. The molecule has 11 heavy (non-hydrogen) atoms. The molecule has 1 fully saturated rings. The molecule has 0 spiro atoms. The summed E-state index contributed by atoms with van der Waals surface area (Å²) in [6, 6.07) is 1.34. The molecule has 0 aromatic rings. The van der Waals surface area contributed by atoms with Crippen LogP contribution < -0.4 is 0 Å². The van der Waals surface area contributed by atoms with Gasteiger partial charge in [0.05, 0.1) is 12.1 Å². The van der Waals surface area contributed by atoms with Gasteiger partial charge >= 0.3 is 0 Å². The van der Waals surface area contributed by atoms with Gasteiger partial charge in [0.2, 0.25) is 0 Å². The highest BCUT2D eigenvalue weighted by Crippen LogP contribution is 2.38. The van der Waals surface area contributed by atoms with Crippen molar-refractivity contribution in [3.05, 3.63) is 11.6 Å². The summed E-state index contributed by atoms with van der Waals surface area (Å²) in [5, 5.41) is 0. The van der Waals surface area contributed by atoms with Crippen LogP contribution in [0.1, 0.15) is 13.3 Å². The zero-order valence-corrected chi connectivity index (χ0v) is 7.37. The number of rotatable bonds is 1. The van der Waals surface area contributed by atoms with E-state index < -0.39 is 0 Å². The van der Waals surface area contributed by atoms with Crippen LogP contribution in [0.2, 0.25) is 0 Å². The number of likely N-dealkylation sites (N-methyl/N-ethyl adjacent to an activating group) is 1. The van der Waals surface area contributed by atoms with Gasteiger partial charge in [0, 0.05) is 13.2 Å². The van der Waals surface area contributed by atoms with Gasteiger partial charge in [0.1, 0.15) is 0 Å². The molecule has 0 aromatic carbocycles. The lowest BCUT2D eigenvalue weighted by molar-refractivity contribution is 0.0907. The van der Waals surface area contributed by atoms with E-state index in [1.165, 1.54) is 5.57 Å². The van der Waals surface area contributed by atoms with E-state index in [9.17, 15) is 0 Å². The molecule has 0 radical (unpaired) electrons. The van der Waals surface area contributed by atoms with E-state index >= 15 is 0 Å². The van der Waals surface area contributed by atoms with E-state index in [-0.39, 0.29) is 0 Å². The summed E-state index contributed by atoms with van der Waals surface area (Å²) in [7, 11) is 3.98. The Hall–Kier alpha value is -0.340. The van der Waals surface area contributed by atoms with Gasteiger partial charge in [-0.2, -0.15) is 0 Å². The number of hydrogen-bond acceptors (Lipinski definition) is 2. The predicted molar refractivity (Wildman–Crippen MR) is 44.5 cm³/mol. The van der Waals surface area contributed by atoms with E-state index in [1.807, 2.05) is 7.11 Å². The molecule has 62 valence electrons. The molecule has 0 saturated carbocycles. The first-order valence-electron chi connectivity index (χ1n) is 4.16. The van der Waals surface area contributed by atoms with E-state index in [2.05, 4.69) is 24.9 Å². The van der Waals surface area contributed by atoms with Crippen LogP contribution in [0, 0.1) is 0 Å². The van der Waals surface area contributed by atoms with Crippen molar-refractivity contribution in [1.82, 2.24) is 4.90 Å². The lowest BCUT2D eigenvalue weighted by Crippen LogP contribution is -2.23. The third-order valence-electron chi connectivity index (χ3n) is 2.86. The SMILES string of the molecule is CO[C@@H]1CC(C)=C[C@@H]2[C@H]1N2C. The van der Waals surface area contributed by atoms with Crippen LogP contribution in [0.5, 0.6) is 0 Å². The Bertz CT molecular complexity index is 200. The zero-order chi connectivity index (χ0) is 8.01. The number of methoxy groups -OCH3 is 1. The first-order chi connectivity index (χ1) is 5.24. The fraction of sp³-hybridized carbons (Fsp3) is 0.778. The maximum Gasteiger partial charge on any atom is 0.0781 e. The Morgan fingerprint density at radius 2 is 2.36 bits per heavy atom. The van der Waals surface area contributed by atoms with Gasteiger partial charge in [-0.25, -0.2) is 0 Å². The van der Waals surface area contributed by atoms with E-state index in [4.69, 9.17) is 4.74 Å². The summed E-state index contributed by atoms with van der Waals surface area (Å²) in [5.41, 5.74) is 1.47. The summed E-state index contributed by atoms with van der Waals surface area (Å²) in [5.74, 6) is 0. The first kappa shape index (κ1) is 7.32. The highest BCUT2D eigenvalue weighted by atomic mass is 16.5. The quantitative estimate of drug-likeness (QED) is 0.412. The van der Waals surface area contributed by atoms with Gasteiger partial charge in [-0.05, 0) is 20.4 Å². The summed E-state index contributed by atoms with van der Waals surface area (Å²) < 4.78 is 5.40. The topological polar surface area (TPSA) is 12.2 Å². The van der Waals surface area contributed by atoms with Gasteiger partial charge in [-0.15, -0.1) is 0 Å². The van der Waals surface area contributed by atoms with Crippen LogP contribution in [-0.2, 0) is 4.74 Å². The molecule has 0 aromatic heterocycles. The predicted octanol–water partition coefficient (Wildman–Crippen LogP) is 1.03. The van der Waals surface area contributed by atoms with Crippen molar-refractivity contribution >= 4 is 0 Å². The third kappa shape index (κ3) is 1.01. The molecule has 1 unspecified atom stereocenters. The number of fused-ring (bicyclic) bond motifs is 1. The van der Waals surface area contributed by atoms with Gasteiger partial charge in [-0.1, -0.05) is 11.6 Å². The molecular formula is C9H15NO. The monoisotopic (exact) mass is 153 g/mol. The average molecular weight is 153 g/mol. The van der Waals surface area contributed by atoms with Crippen LogP contribution in [0.15, 0.2) is 11.6 Å². The standard InChI is InChI=1S/C9H15NO/c1-6-4-7-9(10(7)2)8(5-6)11-3/h4,7-9H,5H2,1-3H3/t7-,8-,9-,10?/m1/s1. The van der Waals surface area contributed by atoms with Crippen LogP contribution >= 0.6 is 0 Å². The van der Waals surface area contributed by atoms with Gasteiger partial charge < -0.3 is 4.74 Å². The average Bonchev–Trinajstić information content (AvgIpc) is 2.61.